The Balaban J connectivity index is 0.000000895. The van der Waals surface area contributed by atoms with Gasteiger partial charge in [0.2, 0.25) is 5.91 Å². The van der Waals surface area contributed by atoms with Crippen LogP contribution >= 0.6 is 15.9 Å². The maximum Gasteiger partial charge on any atom is 0.219 e. The standard InChI is InChI=1S/C21H20BrN3O3.C3H8.C2H6.CH4/c1-12(26)25-6-4-13(5-7-25)20-17-10-18(24-28)19(27)9-14(17)2-3-15-8-16(22)11-23-21(15)20;1-3-2;1-2;/h8-11,27H,2-7H2,1H3;3H2,1-2H3;1-2H3;1H4. The summed E-state index contributed by atoms with van der Waals surface area (Å²) in [5.74, 6) is -0.00488. The van der Waals surface area contributed by atoms with E-state index in [4.69, 9.17) is 4.98 Å². The summed E-state index contributed by atoms with van der Waals surface area (Å²) >= 11 is 3.51. The highest BCUT2D eigenvalue weighted by Crippen LogP contribution is 2.42. The van der Waals surface area contributed by atoms with Crippen LogP contribution in [-0.4, -0.2) is 34.0 Å². The first-order valence-corrected chi connectivity index (χ1v) is 12.5. The normalized spacial score (nSPS) is 14.1. The van der Waals surface area contributed by atoms with Crippen molar-refractivity contribution in [1.82, 2.24) is 9.88 Å². The van der Waals surface area contributed by atoms with E-state index in [1.54, 1.807) is 25.3 Å². The number of phenols is 1. The molecule has 1 saturated heterocycles. The van der Waals surface area contributed by atoms with Crippen LogP contribution in [0.3, 0.4) is 0 Å². The number of amides is 1. The monoisotopic (exact) mass is 531 g/mol. The first kappa shape index (κ1) is 29.5. The van der Waals surface area contributed by atoms with Crippen LogP contribution in [0.4, 0.5) is 5.69 Å². The van der Waals surface area contributed by atoms with Crippen molar-refractivity contribution >= 4 is 33.1 Å². The lowest BCUT2D eigenvalue weighted by atomic mass is 9.88. The number of carbonyl (C=O) groups is 1. The second-order valence-corrected chi connectivity index (χ2v) is 8.86. The van der Waals surface area contributed by atoms with E-state index in [0.717, 1.165) is 58.1 Å². The molecule has 2 heterocycles. The maximum atomic E-state index is 11.7. The van der Waals surface area contributed by atoms with Crippen LogP contribution in [0.2, 0.25) is 0 Å². The van der Waals surface area contributed by atoms with E-state index in [9.17, 15) is 14.8 Å². The number of aromatic hydroxyl groups is 1. The molecule has 4 rings (SSSR count). The molecule has 1 N–H and O–H groups in total. The highest BCUT2D eigenvalue weighted by atomic mass is 79.9. The predicted molar refractivity (Wildman–Crippen MR) is 144 cm³/mol. The van der Waals surface area contributed by atoms with E-state index >= 15 is 0 Å². The fourth-order valence-electron chi connectivity index (χ4n) is 4.13. The highest BCUT2D eigenvalue weighted by Gasteiger charge is 2.27. The van der Waals surface area contributed by atoms with E-state index < -0.39 is 0 Å². The number of nitroso groups, excluding NO2 is 1. The van der Waals surface area contributed by atoms with Crippen LogP contribution < -0.4 is 0 Å². The summed E-state index contributed by atoms with van der Waals surface area (Å²) in [6.07, 6.45) is 6.09. The first-order chi connectivity index (χ1) is 15.9. The third-order valence-corrected chi connectivity index (χ3v) is 6.00. The van der Waals surface area contributed by atoms with Gasteiger partial charge in [-0.25, -0.2) is 0 Å². The molecule has 1 aromatic heterocycles. The Labute approximate surface area is 212 Å². The zero-order valence-electron chi connectivity index (χ0n) is 20.2. The number of fused-ring (bicyclic) bond motifs is 2. The summed E-state index contributed by atoms with van der Waals surface area (Å²) < 4.78 is 0.922. The maximum absolute atomic E-state index is 11.7. The number of hydrogen-bond acceptors (Lipinski definition) is 5. The molecule has 1 aliphatic heterocycles. The minimum Gasteiger partial charge on any atom is -0.506 e. The van der Waals surface area contributed by atoms with Gasteiger partial charge in [-0.2, -0.15) is 0 Å². The fraction of sp³-hybridized carbons (Fsp3) is 0.481. The van der Waals surface area contributed by atoms with E-state index in [1.165, 1.54) is 12.0 Å². The van der Waals surface area contributed by atoms with Crippen LogP contribution in [0, 0.1) is 4.91 Å². The van der Waals surface area contributed by atoms with Gasteiger partial charge in [0.05, 0.1) is 5.69 Å². The summed E-state index contributed by atoms with van der Waals surface area (Å²) in [5, 5.41) is 13.1. The van der Waals surface area contributed by atoms with Crippen LogP contribution in [0.1, 0.15) is 83.7 Å². The number of hydrogen-bond donors (Lipinski definition) is 1. The molecule has 2 aliphatic rings. The molecule has 0 bridgehead atoms. The summed E-state index contributed by atoms with van der Waals surface area (Å²) in [7, 11) is 0. The molecule has 0 atom stereocenters. The zero-order valence-corrected chi connectivity index (χ0v) is 21.8. The van der Waals surface area contributed by atoms with Crippen LogP contribution in [0.5, 0.6) is 5.75 Å². The van der Waals surface area contributed by atoms with Gasteiger partial charge in [-0.1, -0.05) is 47.1 Å². The average molecular weight is 533 g/mol. The van der Waals surface area contributed by atoms with Gasteiger partial charge >= 0.3 is 0 Å². The summed E-state index contributed by atoms with van der Waals surface area (Å²) in [4.78, 5) is 29.5. The number of nitrogens with zero attached hydrogens (tertiary/aromatic N) is 3. The number of aromatic nitrogens is 1. The van der Waals surface area contributed by atoms with Crippen molar-refractivity contribution in [2.24, 2.45) is 5.18 Å². The third-order valence-electron chi connectivity index (χ3n) is 5.57. The molecule has 0 saturated carbocycles. The SMILES string of the molecule is C.CC.CC(=O)N1CCC(=C2c3cc(N=O)c(O)cc3CCc3cc(Br)cnc32)CC1.CCC. The molecule has 7 heteroatoms. The molecular weight excluding hydrogens is 494 g/mol. The van der Waals surface area contributed by atoms with Gasteiger partial charge in [-0.15, -0.1) is 4.91 Å². The lowest BCUT2D eigenvalue weighted by Crippen LogP contribution is -2.34. The van der Waals surface area contributed by atoms with Gasteiger partial charge in [0.25, 0.3) is 0 Å². The summed E-state index contributed by atoms with van der Waals surface area (Å²) in [6, 6.07) is 5.41. The van der Waals surface area contributed by atoms with Crippen molar-refractivity contribution in [3.05, 3.63) is 61.7 Å². The Hall–Kier alpha value is -2.54. The molecule has 186 valence electrons. The molecule has 0 spiro atoms. The number of likely N-dealkylation sites (tertiary alicyclic amines) is 1. The number of aryl methyl sites for hydroxylation is 2. The molecule has 2 aromatic rings. The minimum atomic E-state index is -0.0930. The Bertz CT molecular complexity index is 1020. The number of piperidine rings is 1. The van der Waals surface area contributed by atoms with E-state index in [1.807, 2.05) is 18.7 Å². The van der Waals surface area contributed by atoms with Crippen molar-refractivity contribution in [2.75, 3.05) is 13.1 Å². The number of pyridine rings is 1. The van der Waals surface area contributed by atoms with Crippen LogP contribution in [0.25, 0.3) is 5.57 Å². The largest absolute Gasteiger partial charge is 0.506 e. The van der Waals surface area contributed by atoms with Gasteiger partial charge in [0.15, 0.2) is 0 Å². The Kier molecular flexibility index (Phi) is 12.1. The second kappa shape index (κ2) is 14.0. The molecule has 1 fully saturated rings. The smallest absolute Gasteiger partial charge is 0.219 e. The van der Waals surface area contributed by atoms with Crippen LogP contribution in [0.15, 0.2) is 39.6 Å². The van der Waals surface area contributed by atoms with Gasteiger partial charge in [-0.3, -0.25) is 9.78 Å². The second-order valence-electron chi connectivity index (χ2n) is 7.94. The van der Waals surface area contributed by atoms with Gasteiger partial charge in [-0.05, 0) is 81.7 Å². The molecule has 1 aliphatic carbocycles. The number of benzene rings is 1. The molecule has 1 amide bonds. The Morgan fingerprint density at radius 1 is 1.09 bits per heavy atom. The number of phenolic OH excluding ortho intramolecular Hbond substituents is 1. The third kappa shape index (κ3) is 6.75. The van der Waals surface area contributed by atoms with E-state index in [-0.39, 0.29) is 24.8 Å². The Morgan fingerprint density at radius 3 is 2.24 bits per heavy atom. The molecule has 6 nitrogen and oxygen atoms in total. The van der Waals surface area contributed by atoms with E-state index in [0.29, 0.717) is 13.1 Å². The van der Waals surface area contributed by atoms with Crippen molar-refractivity contribution in [1.29, 1.82) is 0 Å². The molecule has 34 heavy (non-hydrogen) atoms. The highest BCUT2D eigenvalue weighted by molar-refractivity contribution is 9.10. The topological polar surface area (TPSA) is 82.9 Å². The van der Waals surface area contributed by atoms with Crippen molar-refractivity contribution in [2.45, 2.75) is 74.1 Å². The van der Waals surface area contributed by atoms with Gasteiger partial charge in [0, 0.05) is 36.3 Å². The number of halogens is 1. The van der Waals surface area contributed by atoms with Crippen molar-refractivity contribution < 1.29 is 9.90 Å². The molecular formula is C27H38BrN3O3. The van der Waals surface area contributed by atoms with Crippen molar-refractivity contribution in [3.8, 4) is 5.75 Å². The quantitative estimate of drug-likeness (QED) is 0.384. The lowest BCUT2D eigenvalue weighted by Gasteiger charge is -2.29. The summed E-state index contributed by atoms with van der Waals surface area (Å²) in [6.45, 7) is 11.2. The number of carbonyl (C=O) groups excluding carboxylic acids is 1. The van der Waals surface area contributed by atoms with E-state index in [2.05, 4.69) is 41.0 Å². The van der Waals surface area contributed by atoms with Crippen molar-refractivity contribution in [3.63, 3.8) is 0 Å². The minimum absolute atomic E-state index is 0. The molecule has 1 aromatic carbocycles. The van der Waals surface area contributed by atoms with Gasteiger partial charge in [0.1, 0.15) is 11.4 Å². The predicted octanol–water partition coefficient (Wildman–Crippen LogP) is 7.57. The Morgan fingerprint density at radius 2 is 1.68 bits per heavy atom. The first-order valence-electron chi connectivity index (χ1n) is 11.7. The average Bonchev–Trinajstić information content (AvgIpc) is 2.96. The summed E-state index contributed by atoms with van der Waals surface area (Å²) in [5.41, 5.74) is 6.21. The molecule has 0 unspecified atom stereocenters. The van der Waals surface area contributed by atoms with Crippen LogP contribution in [-0.2, 0) is 17.6 Å². The zero-order chi connectivity index (χ0) is 24.5. The lowest BCUT2D eigenvalue weighted by molar-refractivity contribution is -0.129. The van der Waals surface area contributed by atoms with Gasteiger partial charge < -0.3 is 10.0 Å². The molecule has 0 radical (unpaired) electrons. The fourth-order valence-corrected chi connectivity index (χ4v) is 4.50. The number of rotatable bonds is 1.